The van der Waals surface area contributed by atoms with Crippen LogP contribution in [-0.2, 0) is 0 Å². The monoisotopic (exact) mass is 268 g/mol. The molecule has 1 atom stereocenters. The molecule has 1 rings (SSSR count). The second-order valence-electron chi connectivity index (χ2n) is 3.88. The van der Waals surface area contributed by atoms with Gasteiger partial charge in [0.25, 0.3) is 0 Å². The van der Waals surface area contributed by atoms with Gasteiger partial charge in [-0.3, -0.25) is 0 Å². The number of nitrogens with zero attached hydrogens (tertiary/aromatic N) is 1. The fourth-order valence-electron chi connectivity index (χ4n) is 1.66. The quantitative estimate of drug-likeness (QED) is 0.746. The average Bonchev–Trinajstić information content (AvgIpc) is 2.89. The van der Waals surface area contributed by atoms with Gasteiger partial charge >= 0.3 is 6.03 Å². The van der Waals surface area contributed by atoms with Crippen molar-refractivity contribution in [3.05, 3.63) is 35.0 Å². The molecule has 1 aromatic rings. The third-order valence-electron chi connectivity index (χ3n) is 2.60. The van der Waals surface area contributed by atoms with E-state index in [9.17, 15) is 4.79 Å². The predicted molar refractivity (Wildman–Crippen MR) is 74.7 cm³/mol. The lowest BCUT2D eigenvalue weighted by molar-refractivity contribution is 0.180. The Balaban J connectivity index is 2.62. The van der Waals surface area contributed by atoms with Gasteiger partial charge in [-0.05, 0) is 17.9 Å². The second-order valence-corrected chi connectivity index (χ2v) is 4.86. The molecule has 18 heavy (non-hydrogen) atoms. The molecule has 0 aliphatic heterocycles. The van der Waals surface area contributed by atoms with E-state index in [0.29, 0.717) is 13.1 Å². The number of nitrogens with one attached hydrogen (secondary N) is 1. The van der Waals surface area contributed by atoms with Crippen LogP contribution < -0.4 is 5.32 Å². The van der Waals surface area contributed by atoms with Crippen LogP contribution in [0.1, 0.15) is 24.3 Å². The zero-order valence-electron chi connectivity index (χ0n) is 10.6. The van der Waals surface area contributed by atoms with Crippen LogP contribution in [0.15, 0.2) is 30.2 Å². The summed E-state index contributed by atoms with van der Waals surface area (Å²) in [5.74, 6) is 0. The number of rotatable bonds is 7. The molecule has 100 valence electrons. The van der Waals surface area contributed by atoms with E-state index >= 15 is 0 Å². The summed E-state index contributed by atoms with van der Waals surface area (Å²) < 4.78 is 0. The Morgan fingerprint density at radius 2 is 2.50 bits per heavy atom. The lowest BCUT2D eigenvalue weighted by Crippen LogP contribution is -2.42. The normalized spacial score (nSPS) is 11.9. The summed E-state index contributed by atoms with van der Waals surface area (Å²) in [6, 6.07) is 3.86. The minimum absolute atomic E-state index is 0.0310. The van der Waals surface area contributed by atoms with Crippen molar-refractivity contribution in [1.29, 1.82) is 0 Å². The maximum Gasteiger partial charge on any atom is 0.318 e. The molecule has 0 fully saturated rings. The van der Waals surface area contributed by atoms with E-state index in [1.165, 1.54) is 0 Å². The summed E-state index contributed by atoms with van der Waals surface area (Å²) in [5.41, 5.74) is 0. The van der Waals surface area contributed by atoms with E-state index in [-0.39, 0.29) is 18.7 Å². The number of thiophene rings is 1. The molecule has 0 saturated carbocycles. The van der Waals surface area contributed by atoms with Gasteiger partial charge in [0, 0.05) is 18.0 Å². The fraction of sp³-hybridized carbons (Fsp3) is 0.462. The van der Waals surface area contributed by atoms with E-state index in [1.54, 1.807) is 22.3 Å². The predicted octanol–water partition coefficient (Wildman–Crippen LogP) is 2.39. The highest BCUT2D eigenvalue weighted by atomic mass is 32.1. The SMILES string of the molecule is C=CCN(CCO)C(=O)NC(CC)c1cccs1. The van der Waals surface area contributed by atoms with Gasteiger partial charge in [0.05, 0.1) is 12.6 Å². The Hall–Kier alpha value is -1.33. The molecule has 0 aliphatic rings. The smallest absolute Gasteiger partial charge is 0.318 e. The standard InChI is InChI=1S/C13H20N2O2S/c1-3-7-15(8-9-16)13(17)14-11(4-2)12-6-5-10-18-12/h3,5-6,10-11,16H,1,4,7-9H2,2H3,(H,14,17). The molecule has 0 bridgehead atoms. The van der Waals surface area contributed by atoms with Crippen LogP contribution in [0, 0.1) is 0 Å². The van der Waals surface area contributed by atoms with Crippen LogP contribution in [0.25, 0.3) is 0 Å². The highest BCUT2D eigenvalue weighted by Gasteiger charge is 2.17. The van der Waals surface area contributed by atoms with E-state index in [4.69, 9.17) is 5.11 Å². The van der Waals surface area contributed by atoms with Crippen molar-refractivity contribution in [2.24, 2.45) is 0 Å². The minimum atomic E-state index is -0.163. The molecule has 2 N–H and O–H groups in total. The third kappa shape index (κ3) is 4.16. The van der Waals surface area contributed by atoms with E-state index in [1.807, 2.05) is 24.4 Å². The fourth-order valence-corrected chi connectivity index (χ4v) is 2.52. The van der Waals surface area contributed by atoms with Crippen molar-refractivity contribution < 1.29 is 9.90 Å². The summed E-state index contributed by atoms with van der Waals surface area (Å²) in [5, 5.41) is 13.9. The number of amides is 2. The first-order chi connectivity index (χ1) is 8.72. The van der Waals surface area contributed by atoms with Gasteiger partial charge in [0.1, 0.15) is 0 Å². The van der Waals surface area contributed by atoms with Gasteiger partial charge in [-0.15, -0.1) is 17.9 Å². The Morgan fingerprint density at radius 3 is 3.00 bits per heavy atom. The van der Waals surface area contributed by atoms with Gasteiger partial charge in [-0.1, -0.05) is 19.1 Å². The molecule has 1 unspecified atom stereocenters. The van der Waals surface area contributed by atoms with Crippen LogP contribution in [-0.4, -0.2) is 35.7 Å². The van der Waals surface area contributed by atoms with Crippen molar-refractivity contribution in [2.45, 2.75) is 19.4 Å². The van der Waals surface area contributed by atoms with Gasteiger partial charge in [-0.2, -0.15) is 0 Å². The van der Waals surface area contributed by atoms with E-state index in [2.05, 4.69) is 11.9 Å². The van der Waals surface area contributed by atoms with Crippen molar-refractivity contribution in [1.82, 2.24) is 10.2 Å². The van der Waals surface area contributed by atoms with Crippen LogP contribution in [0.3, 0.4) is 0 Å². The molecule has 0 aromatic carbocycles. The molecule has 0 radical (unpaired) electrons. The van der Waals surface area contributed by atoms with E-state index < -0.39 is 0 Å². The zero-order chi connectivity index (χ0) is 13.4. The minimum Gasteiger partial charge on any atom is -0.395 e. The number of carbonyl (C=O) groups is 1. The number of aliphatic hydroxyl groups excluding tert-OH is 1. The molecular weight excluding hydrogens is 248 g/mol. The summed E-state index contributed by atoms with van der Waals surface area (Å²) in [4.78, 5) is 14.7. The summed E-state index contributed by atoms with van der Waals surface area (Å²) in [6.45, 7) is 6.36. The number of hydrogen-bond acceptors (Lipinski definition) is 3. The maximum absolute atomic E-state index is 12.0. The molecule has 1 aromatic heterocycles. The van der Waals surface area contributed by atoms with E-state index in [0.717, 1.165) is 11.3 Å². The Kier molecular flexibility index (Phi) is 6.46. The van der Waals surface area contributed by atoms with Gasteiger partial charge in [0.2, 0.25) is 0 Å². The third-order valence-corrected chi connectivity index (χ3v) is 3.59. The molecule has 4 nitrogen and oxygen atoms in total. The number of carbonyl (C=O) groups excluding carboxylic acids is 1. The Labute approximate surface area is 112 Å². The number of aliphatic hydroxyl groups is 1. The highest BCUT2D eigenvalue weighted by molar-refractivity contribution is 7.10. The van der Waals surface area contributed by atoms with Crippen molar-refractivity contribution in [3.63, 3.8) is 0 Å². The summed E-state index contributed by atoms with van der Waals surface area (Å²) >= 11 is 1.63. The molecule has 5 heteroatoms. The van der Waals surface area contributed by atoms with Crippen LogP contribution >= 0.6 is 11.3 Å². The lowest BCUT2D eigenvalue weighted by Gasteiger charge is -2.24. The number of urea groups is 1. The summed E-state index contributed by atoms with van der Waals surface area (Å²) in [6.07, 6.45) is 2.49. The van der Waals surface area contributed by atoms with Gasteiger partial charge in [-0.25, -0.2) is 4.79 Å². The van der Waals surface area contributed by atoms with Crippen LogP contribution in [0.4, 0.5) is 4.79 Å². The van der Waals surface area contributed by atoms with Crippen molar-refractivity contribution >= 4 is 17.4 Å². The van der Waals surface area contributed by atoms with Gasteiger partial charge < -0.3 is 15.3 Å². The maximum atomic E-state index is 12.0. The molecule has 0 saturated heterocycles. The Bertz CT molecular complexity index is 365. The highest BCUT2D eigenvalue weighted by Crippen LogP contribution is 2.21. The topological polar surface area (TPSA) is 52.6 Å². The molecule has 2 amide bonds. The lowest BCUT2D eigenvalue weighted by atomic mass is 10.2. The first kappa shape index (κ1) is 14.7. The molecule has 0 spiro atoms. The van der Waals surface area contributed by atoms with Crippen molar-refractivity contribution in [3.8, 4) is 0 Å². The average molecular weight is 268 g/mol. The number of hydrogen-bond donors (Lipinski definition) is 2. The first-order valence-corrected chi connectivity index (χ1v) is 6.91. The van der Waals surface area contributed by atoms with Gasteiger partial charge in [0.15, 0.2) is 0 Å². The first-order valence-electron chi connectivity index (χ1n) is 6.03. The summed E-state index contributed by atoms with van der Waals surface area (Å²) in [7, 11) is 0. The molecular formula is C13H20N2O2S. The van der Waals surface area contributed by atoms with Crippen LogP contribution in [0.5, 0.6) is 0 Å². The van der Waals surface area contributed by atoms with Crippen LogP contribution in [0.2, 0.25) is 0 Å². The second kappa shape index (κ2) is 7.89. The molecule has 0 aliphatic carbocycles. The Morgan fingerprint density at radius 1 is 1.72 bits per heavy atom. The molecule has 1 heterocycles. The largest absolute Gasteiger partial charge is 0.395 e. The van der Waals surface area contributed by atoms with Crippen molar-refractivity contribution in [2.75, 3.05) is 19.7 Å². The zero-order valence-corrected chi connectivity index (χ0v) is 11.4.